The molecule has 92 valence electrons. The second-order valence-electron chi connectivity index (χ2n) is 3.45. The summed E-state index contributed by atoms with van der Waals surface area (Å²) in [6, 6.07) is 0. The SMILES string of the molecule is CCCNc1nc(OCCO)c2[nH]cnc2n1. The maximum Gasteiger partial charge on any atom is 0.245 e. The molecule has 3 N–H and O–H groups in total. The number of rotatable bonds is 6. The highest BCUT2D eigenvalue weighted by Gasteiger charge is 2.10. The Morgan fingerprint density at radius 1 is 1.47 bits per heavy atom. The summed E-state index contributed by atoms with van der Waals surface area (Å²) >= 11 is 0. The van der Waals surface area contributed by atoms with Gasteiger partial charge in [-0.1, -0.05) is 6.92 Å². The second kappa shape index (κ2) is 5.44. The molecule has 0 unspecified atom stereocenters. The maximum atomic E-state index is 8.75. The van der Waals surface area contributed by atoms with Gasteiger partial charge in [-0.2, -0.15) is 9.97 Å². The summed E-state index contributed by atoms with van der Waals surface area (Å²) in [5.74, 6) is 0.888. The van der Waals surface area contributed by atoms with E-state index in [2.05, 4.69) is 32.2 Å². The molecule has 0 aliphatic heterocycles. The summed E-state index contributed by atoms with van der Waals surface area (Å²) in [7, 11) is 0. The van der Waals surface area contributed by atoms with Crippen LogP contribution in [0.15, 0.2) is 6.33 Å². The Hall–Kier alpha value is -1.89. The van der Waals surface area contributed by atoms with Crippen molar-refractivity contribution in [2.24, 2.45) is 0 Å². The number of anilines is 1. The molecule has 0 amide bonds. The van der Waals surface area contributed by atoms with Gasteiger partial charge in [-0.3, -0.25) is 0 Å². The van der Waals surface area contributed by atoms with Gasteiger partial charge in [0.2, 0.25) is 11.8 Å². The van der Waals surface area contributed by atoms with Crippen LogP contribution in [0.4, 0.5) is 5.95 Å². The lowest BCUT2D eigenvalue weighted by Crippen LogP contribution is -2.08. The highest BCUT2D eigenvalue weighted by atomic mass is 16.5. The minimum absolute atomic E-state index is 0.0582. The molecule has 0 fully saturated rings. The molecule has 2 aromatic rings. The Morgan fingerprint density at radius 2 is 2.35 bits per heavy atom. The number of hydrogen-bond donors (Lipinski definition) is 3. The zero-order valence-corrected chi connectivity index (χ0v) is 9.60. The molecular weight excluding hydrogens is 222 g/mol. The topological polar surface area (TPSA) is 96.0 Å². The van der Waals surface area contributed by atoms with Crippen molar-refractivity contribution in [2.45, 2.75) is 13.3 Å². The van der Waals surface area contributed by atoms with Gasteiger partial charge in [-0.05, 0) is 6.42 Å². The minimum Gasteiger partial charge on any atom is -0.474 e. The predicted octanol–water partition coefficient (Wildman–Crippen LogP) is 0.546. The summed E-state index contributed by atoms with van der Waals surface area (Å²) in [5, 5.41) is 11.8. The number of aromatic nitrogens is 4. The van der Waals surface area contributed by atoms with Crippen LogP contribution >= 0.6 is 0 Å². The van der Waals surface area contributed by atoms with Crippen LogP contribution in [0.1, 0.15) is 13.3 Å². The third kappa shape index (κ3) is 2.62. The van der Waals surface area contributed by atoms with Crippen molar-refractivity contribution >= 4 is 17.1 Å². The average Bonchev–Trinajstić information content (AvgIpc) is 2.81. The number of nitrogens with one attached hydrogen (secondary N) is 2. The van der Waals surface area contributed by atoms with E-state index in [0.29, 0.717) is 23.0 Å². The summed E-state index contributed by atoms with van der Waals surface area (Å²) in [6.07, 6.45) is 2.52. The Morgan fingerprint density at radius 3 is 3.12 bits per heavy atom. The van der Waals surface area contributed by atoms with Crippen LogP contribution in [0, 0.1) is 0 Å². The molecule has 0 aliphatic carbocycles. The second-order valence-corrected chi connectivity index (χ2v) is 3.45. The van der Waals surface area contributed by atoms with E-state index >= 15 is 0 Å². The van der Waals surface area contributed by atoms with E-state index in [-0.39, 0.29) is 13.2 Å². The normalized spacial score (nSPS) is 10.7. The third-order valence-corrected chi connectivity index (χ3v) is 2.12. The Bertz CT molecular complexity index is 485. The van der Waals surface area contributed by atoms with Crippen LogP contribution in [-0.4, -0.2) is 44.8 Å². The number of ether oxygens (including phenoxy) is 1. The number of H-pyrrole nitrogens is 1. The highest BCUT2D eigenvalue weighted by Crippen LogP contribution is 2.20. The first-order valence-corrected chi connectivity index (χ1v) is 5.53. The fourth-order valence-electron chi connectivity index (χ4n) is 1.37. The smallest absolute Gasteiger partial charge is 0.245 e. The van der Waals surface area contributed by atoms with Crippen molar-refractivity contribution in [3.8, 4) is 5.88 Å². The monoisotopic (exact) mass is 237 g/mol. The van der Waals surface area contributed by atoms with E-state index in [1.807, 2.05) is 0 Å². The van der Waals surface area contributed by atoms with Gasteiger partial charge in [0.05, 0.1) is 12.9 Å². The third-order valence-electron chi connectivity index (χ3n) is 2.12. The van der Waals surface area contributed by atoms with Crippen LogP contribution in [0.2, 0.25) is 0 Å². The number of aromatic amines is 1. The quantitative estimate of drug-likeness (QED) is 0.678. The van der Waals surface area contributed by atoms with Gasteiger partial charge in [0.15, 0.2) is 5.65 Å². The van der Waals surface area contributed by atoms with Gasteiger partial charge < -0.3 is 20.1 Å². The first-order chi connectivity index (χ1) is 8.35. The molecule has 0 spiro atoms. The van der Waals surface area contributed by atoms with Gasteiger partial charge in [0, 0.05) is 6.54 Å². The van der Waals surface area contributed by atoms with Crippen molar-refractivity contribution in [1.82, 2.24) is 19.9 Å². The summed E-state index contributed by atoms with van der Waals surface area (Å²) in [5.41, 5.74) is 1.19. The Labute approximate surface area is 98.3 Å². The molecule has 17 heavy (non-hydrogen) atoms. The van der Waals surface area contributed by atoms with E-state index in [1.54, 1.807) is 0 Å². The largest absolute Gasteiger partial charge is 0.474 e. The van der Waals surface area contributed by atoms with Crippen LogP contribution in [-0.2, 0) is 0 Å². The molecule has 2 aromatic heterocycles. The summed E-state index contributed by atoms with van der Waals surface area (Å²) < 4.78 is 5.34. The predicted molar refractivity (Wildman–Crippen MR) is 63.0 cm³/mol. The average molecular weight is 237 g/mol. The molecule has 0 aromatic carbocycles. The number of nitrogens with zero attached hydrogens (tertiary/aromatic N) is 3. The van der Waals surface area contributed by atoms with E-state index < -0.39 is 0 Å². The van der Waals surface area contributed by atoms with Crippen molar-refractivity contribution in [2.75, 3.05) is 25.1 Å². The first-order valence-electron chi connectivity index (χ1n) is 5.53. The lowest BCUT2D eigenvalue weighted by molar-refractivity contribution is 0.198. The number of aliphatic hydroxyl groups is 1. The number of imidazole rings is 1. The van der Waals surface area contributed by atoms with Crippen LogP contribution in [0.3, 0.4) is 0 Å². The van der Waals surface area contributed by atoms with Gasteiger partial charge >= 0.3 is 0 Å². The molecule has 0 saturated heterocycles. The van der Waals surface area contributed by atoms with E-state index in [9.17, 15) is 0 Å². The van der Waals surface area contributed by atoms with Crippen LogP contribution in [0.25, 0.3) is 11.2 Å². The zero-order chi connectivity index (χ0) is 12.1. The lowest BCUT2D eigenvalue weighted by atomic mass is 10.5. The first kappa shape index (κ1) is 11.6. The Balaban J connectivity index is 2.29. The molecule has 7 nitrogen and oxygen atoms in total. The highest BCUT2D eigenvalue weighted by molar-refractivity contribution is 5.76. The van der Waals surface area contributed by atoms with Crippen molar-refractivity contribution in [3.05, 3.63) is 6.33 Å². The number of fused-ring (bicyclic) bond motifs is 1. The molecule has 0 saturated carbocycles. The number of hydrogen-bond acceptors (Lipinski definition) is 6. The van der Waals surface area contributed by atoms with Gasteiger partial charge in [-0.15, -0.1) is 0 Å². The molecule has 7 heteroatoms. The van der Waals surface area contributed by atoms with Gasteiger partial charge in [-0.25, -0.2) is 4.98 Å². The van der Waals surface area contributed by atoms with Gasteiger partial charge in [0.25, 0.3) is 0 Å². The maximum absolute atomic E-state index is 8.75. The summed E-state index contributed by atoms with van der Waals surface area (Å²) in [4.78, 5) is 15.4. The van der Waals surface area contributed by atoms with E-state index in [4.69, 9.17) is 9.84 Å². The molecule has 0 radical (unpaired) electrons. The van der Waals surface area contributed by atoms with E-state index in [1.165, 1.54) is 6.33 Å². The molecule has 0 aliphatic rings. The number of aliphatic hydroxyl groups excluding tert-OH is 1. The lowest BCUT2D eigenvalue weighted by Gasteiger charge is -2.07. The Kier molecular flexibility index (Phi) is 3.71. The van der Waals surface area contributed by atoms with Crippen LogP contribution < -0.4 is 10.1 Å². The van der Waals surface area contributed by atoms with Crippen molar-refractivity contribution in [3.63, 3.8) is 0 Å². The molecular formula is C10H15N5O2. The fraction of sp³-hybridized carbons (Fsp3) is 0.500. The van der Waals surface area contributed by atoms with E-state index in [0.717, 1.165) is 13.0 Å². The zero-order valence-electron chi connectivity index (χ0n) is 9.60. The molecule has 2 heterocycles. The summed E-state index contributed by atoms with van der Waals surface area (Å²) in [6.45, 7) is 2.98. The molecule has 0 bridgehead atoms. The van der Waals surface area contributed by atoms with Crippen molar-refractivity contribution < 1.29 is 9.84 Å². The standard InChI is InChI=1S/C10H15N5O2/c1-2-3-11-10-14-8-7(12-6-13-8)9(15-10)17-5-4-16/h6,16H,2-5H2,1H3,(H2,11,12,13,14,15). The van der Waals surface area contributed by atoms with Gasteiger partial charge in [0.1, 0.15) is 12.1 Å². The molecule has 0 atom stereocenters. The van der Waals surface area contributed by atoms with Crippen LogP contribution in [0.5, 0.6) is 5.88 Å². The molecule has 2 rings (SSSR count). The fourth-order valence-corrected chi connectivity index (χ4v) is 1.37. The minimum atomic E-state index is -0.0582. The van der Waals surface area contributed by atoms with Crippen molar-refractivity contribution in [1.29, 1.82) is 0 Å².